The van der Waals surface area contributed by atoms with Crippen LogP contribution in [0.4, 0.5) is 5.69 Å². The quantitative estimate of drug-likeness (QED) is 0.606. The number of hydrogen-bond donors (Lipinski definition) is 1. The van der Waals surface area contributed by atoms with Gasteiger partial charge in [0.25, 0.3) is 5.91 Å². The van der Waals surface area contributed by atoms with E-state index in [0.29, 0.717) is 25.2 Å². The predicted molar refractivity (Wildman–Crippen MR) is 123 cm³/mol. The molecular formula is C24H23ClN2O3S. The third-order valence-electron chi connectivity index (χ3n) is 5.40. The summed E-state index contributed by atoms with van der Waals surface area (Å²) in [6.07, 6.45) is 0.656. The second-order valence-corrected chi connectivity index (χ2v) is 10.2. The molecule has 1 aliphatic rings. The Morgan fingerprint density at radius 1 is 0.968 bits per heavy atom. The number of fused-ring (bicyclic) bond motifs is 1. The maximum Gasteiger partial charge on any atom is 0.257 e. The van der Waals surface area contributed by atoms with Gasteiger partial charge < -0.3 is 5.32 Å². The molecule has 3 aromatic carbocycles. The van der Waals surface area contributed by atoms with Gasteiger partial charge in [-0.05, 0) is 72.9 Å². The molecule has 0 aromatic heterocycles. The van der Waals surface area contributed by atoms with Crippen molar-refractivity contribution in [2.45, 2.75) is 31.7 Å². The number of aryl methyl sites for hydroxylation is 2. The van der Waals surface area contributed by atoms with E-state index in [-0.39, 0.29) is 15.5 Å². The molecule has 1 aliphatic heterocycles. The van der Waals surface area contributed by atoms with Crippen molar-refractivity contribution < 1.29 is 13.2 Å². The Bertz CT molecular complexity index is 1250. The van der Waals surface area contributed by atoms with Gasteiger partial charge in [-0.1, -0.05) is 41.9 Å². The highest BCUT2D eigenvalue weighted by Gasteiger charge is 2.29. The average Bonchev–Trinajstić information content (AvgIpc) is 2.72. The Kier molecular flexibility index (Phi) is 5.88. The molecule has 1 N–H and O–H groups in total. The Morgan fingerprint density at radius 2 is 1.65 bits per heavy atom. The first kappa shape index (κ1) is 21.6. The standard InChI is InChI=1S/C24H23ClN2O3S/c1-16-11-17(2)13-20(12-16)26-24(28)22-14-21(7-8-23(22)25)31(29,30)27-10-9-18-5-3-4-6-19(18)15-27/h3-8,11-14H,9-10,15H2,1-2H3,(H,26,28). The van der Waals surface area contributed by atoms with Gasteiger partial charge in [0.05, 0.1) is 15.5 Å². The van der Waals surface area contributed by atoms with Crippen LogP contribution in [0.15, 0.2) is 65.6 Å². The number of amides is 1. The van der Waals surface area contributed by atoms with Crippen LogP contribution in [-0.2, 0) is 23.0 Å². The van der Waals surface area contributed by atoms with Crippen LogP contribution in [0, 0.1) is 13.8 Å². The fourth-order valence-corrected chi connectivity index (χ4v) is 5.56. The fraction of sp³-hybridized carbons (Fsp3) is 0.208. The number of anilines is 1. The molecule has 0 unspecified atom stereocenters. The van der Waals surface area contributed by atoms with Gasteiger partial charge in [-0.3, -0.25) is 4.79 Å². The number of nitrogens with zero attached hydrogens (tertiary/aromatic N) is 1. The van der Waals surface area contributed by atoms with Crippen molar-refractivity contribution in [2.75, 3.05) is 11.9 Å². The number of sulfonamides is 1. The molecule has 0 spiro atoms. The molecule has 1 amide bonds. The highest BCUT2D eigenvalue weighted by atomic mass is 35.5. The molecule has 0 saturated heterocycles. The number of carbonyl (C=O) groups is 1. The molecule has 5 nitrogen and oxygen atoms in total. The molecule has 0 aliphatic carbocycles. The van der Waals surface area contributed by atoms with Crippen LogP contribution >= 0.6 is 11.6 Å². The van der Waals surface area contributed by atoms with E-state index in [2.05, 4.69) is 5.32 Å². The lowest BCUT2D eigenvalue weighted by Gasteiger charge is -2.28. The summed E-state index contributed by atoms with van der Waals surface area (Å²) < 4.78 is 28.0. The number of nitrogens with one attached hydrogen (secondary N) is 1. The van der Waals surface area contributed by atoms with Gasteiger partial charge in [0, 0.05) is 18.8 Å². The predicted octanol–water partition coefficient (Wildman–Crippen LogP) is 4.96. The summed E-state index contributed by atoms with van der Waals surface area (Å²) in [7, 11) is -3.77. The zero-order valence-corrected chi connectivity index (χ0v) is 18.9. The lowest BCUT2D eigenvalue weighted by molar-refractivity contribution is 0.102. The summed E-state index contributed by atoms with van der Waals surface area (Å²) >= 11 is 6.25. The van der Waals surface area contributed by atoms with Crippen molar-refractivity contribution in [1.29, 1.82) is 0 Å². The van der Waals surface area contributed by atoms with Crippen LogP contribution in [0.25, 0.3) is 0 Å². The highest BCUT2D eigenvalue weighted by molar-refractivity contribution is 7.89. The van der Waals surface area contributed by atoms with Crippen molar-refractivity contribution >= 4 is 33.2 Å². The van der Waals surface area contributed by atoms with E-state index >= 15 is 0 Å². The maximum atomic E-state index is 13.3. The molecule has 0 bridgehead atoms. The summed E-state index contributed by atoms with van der Waals surface area (Å²) in [5, 5.41) is 3.02. The number of benzene rings is 3. The van der Waals surface area contributed by atoms with Gasteiger partial charge >= 0.3 is 0 Å². The minimum atomic E-state index is -3.77. The zero-order valence-electron chi connectivity index (χ0n) is 17.4. The van der Waals surface area contributed by atoms with E-state index < -0.39 is 15.9 Å². The van der Waals surface area contributed by atoms with E-state index in [4.69, 9.17) is 11.6 Å². The van der Waals surface area contributed by atoms with E-state index in [1.165, 1.54) is 28.1 Å². The zero-order chi connectivity index (χ0) is 22.2. The summed E-state index contributed by atoms with van der Waals surface area (Å²) in [6, 6.07) is 17.8. The van der Waals surface area contributed by atoms with Crippen molar-refractivity contribution in [2.24, 2.45) is 0 Å². The molecule has 3 aromatic rings. The molecule has 4 rings (SSSR count). The molecule has 7 heteroatoms. The molecule has 1 heterocycles. The summed E-state index contributed by atoms with van der Waals surface area (Å²) in [4.78, 5) is 12.9. The number of halogens is 1. The molecule has 0 saturated carbocycles. The number of rotatable bonds is 4. The van der Waals surface area contributed by atoms with Crippen LogP contribution in [0.3, 0.4) is 0 Å². The van der Waals surface area contributed by atoms with Crippen LogP contribution in [0.1, 0.15) is 32.6 Å². The minimum absolute atomic E-state index is 0.0573. The lowest BCUT2D eigenvalue weighted by Crippen LogP contribution is -2.36. The Hall–Kier alpha value is -2.67. The third kappa shape index (κ3) is 4.51. The molecule has 160 valence electrons. The van der Waals surface area contributed by atoms with E-state index in [1.54, 1.807) is 0 Å². The van der Waals surface area contributed by atoms with Gasteiger partial charge in [-0.2, -0.15) is 4.31 Å². The fourth-order valence-electron chi connectivity index (χ4n) is 3.91. The third-order valence-corrected chi connectivity index (χ3v) is 7.57. The first-order valence-corrected chi connectivity index (χ1v) is 11.8. The number of carbonyl (C=O) groups excluding carboxylic acids is 1. The highest BCUT2D eigenvalue weighted by Crippen LogP contribution is 2.28. The van der Waals surface area contributed by atoms with E-state index in [1.807, 2.05) is 56.3 Å². The second kappa shape index (κ2) is 8.46. The SMILES string of the molecule is Cc1cc(C)cc(NC(=O)c2cc(S(=O)(=O)N3CCc4ccccc4C3)ccc2Cl)c1. The van der Waals surface area contributed by atoms with Gasteiger partial charge in [0.1, 0.15) is 0 Å². The second-order valence-electron chi connectivity index (χ2n) is 7.83. The summed E-state index contributed by atoms with van der Waals surface area (Å²) in [5.74, 6) is -0.448. The first-order valence-electron chi connectivity index (χ1n) is 10.0. The van der Waals surface area contributed by atoms with Crippen molar-refractivity contribution in [1.82, 2.24) is 4.31 Å². The minimum Gasteiger partial charge on any atom is -0.322 e. The Balaban J connectivity index is 1.62. The van der Waals surface area contributed by atoms with Crippen LogP contribution in [0.5, 0.6) is 0 Å². The maximum absolute atomic E-state index is 13.3. The monoisotopic (exact) mass is 454 g/mol. The van der Waals surface area contributed by atoms with Crippen molar-refractivity contribution in [3.63, 3.8) is 0 Å². The Labute approximate surface area is 187 Å². The van der Waals surface area contributed by atoms with Crippen LogP contribution in [-0.4, -0.2) is 25.2 Å². The smallest absolute Gasteiger partial charge is 0.257 e. The van der Waals surface area contributed by atoms with Crippen molar-refractivity contribution in [3.05, 3.63) is 93.5 Å². The van der Waals surface area contributed by atoms with E-state index in [9.17, 15) is 13.2 Å². The van der Waals surface area contributed by atoms with E-state index in [0.717, 1.165) is 16.7 Å². The van der Waals surface area contributed by atoms with Crippen LogP contribution in [0.2, 0.25) is 5.02 Å². The lowest BCUT2D eigenvalue weighted by atomic mass is 10.0. The topological polar surface area (TPSA) is 66.5 Å². The first-order chi connectivity index (χ1) is 14.7. The van der Waals surface area contributed by atoms with Crippen LogP contribution < -0.4 is 5.32 Å². The summed E-state index contributed by atoms with van der Waals surface area (Å²) in [5.41, 5.74) is 4.96. The average molecular weight is 455 g/mol. The van der Waals surface area contributed by atoms with Gasteiger partial charge in [0.15, 0.2) is 0 Å². The molecule has 31 heavy (non-hydrogen) atoms. The molecule has 0 atom stereocenters. The molecule has 0 fully saturated rings. The molecule has 0 radical (unpaired) electrons. The van der Waals surface area contributed by atoms with Gasteiger partial charge in [-0.25, -0.2) is 8.42 Å². The van der Waals surface area contributed by atoms with Gasteiger partial charge in [0.2, 0.25) is 10.0 Å². The summed E-state index contributed by atoms with van der Waals surface area (Å²) in [6.45, 7) is 4.59. The Morgan fingerprint density at radius 3 is 2.35 bits per heavy atom. The van der Waals surface area contributed by atoms with Crippen molar-refractivity contribution in [3.8, 4) is 0 Å². The molecular weight excluding hydrogens is 432 g/mol. The van der Waals surface area contributed by atoms with Gasteiger partial charge in [-0.15, -0.1) is 0 Å². The number of hydrogen-bond acceptors (Lipinski definition) is 3. The normalized spacial score (nSPS) is 14.2. The largest absolute Gasteiger partial charge is 0.322 e.